The summed E-state index contributed by atoms with van der Waals surface area (Å²) in [6.07, 6.45) is 1.52. The summed E-state index contributed by atoms with van der Waals surface area (Å²) in [6, 6.07) is 9.25. The van der Waals surface area contributed by atoms with E-state index in [2.05, 4.69) is 20.4 Å². The summed E-state index contributed by atoms with van der Waals surface area (Å²) in [5, 5.41) is 12.1. The quantitative estimate of drug-likeness (QED) is 0.630. The Morgan fingerprint density at radius 1 is 1.03 bits per heavy atom. The van der Waals surface area contributed by atoms with Gasteiger partial charge in [0.25, 0.3) is 5.91 Å². The van der Waals surface area contributed by atoms with Crippen LogP contribution in [0.25, 0.3) is 0 Å². The van der Waals surface area contributed by atoms with Crippen molar-refractivity contribution in [3.63, 3.8) is 0 Å². The maximum Gasteiger partial charge on any atom is 0.289 e. The number of ether oxygens (including phenoxy) is 2. The number of hydrogen-bond donors (Lipinski definition) is 0. The molecule has 0 unspecified atom stereocenters. The average Bonchev–Trinajstić information content (AvgIpc) is 3.50. The molecular formula is C19H20N6O4. The van der Waals surface area contributed by atoms with Crippen LogP contribution in [0.1, 0.15) is 21.9 Å². The summed E-state index contributed by atoms with van der Waals surface area (Å²) < 4.78 is 17.8. The highest BCUT2D eigenvalue weighted by Gasteiger charge is 2.25. The third-order valence-corrected chi connectivity index (χ3v) is 5.13. The summed E-state index contributed by atoms with van der Waals surface area (Å²) in [5.41, 5.74) is 1.04. The number of tetrazole rings is 1. The smallest absolute Gasteiger partial charge is 0.289 e. The van der Waals surface area contributed by atoms with Gasteiger partial charge in [-0.25, -0.2) is 4.68 Å². The second-order valence-electron chi connectivity index (χ2n) is 6.99. The van der Waals surface area contributed by atoms with Crippen molar-refractivity contribution in [3.05, 3.63) is 53.7 Å². The minimum Gasteiger partial charge on any atom is -0.459 e. The fraction of sp³-hybridized carbons (Fsp3) is 0.368. The molecule has 1 fully saturated rings. The number of aromatic nitrogens is 4. The summed E-state index contributed by atoms with van der Waals surface area (Å²) in [6.45, 7) is 4.22. The van der Waals surface area contributed by atoms with E-state index in [1.54, 1.807) is 16.8 Å². The Kier molecular flexibility index (Phi) is 4.60. The molecule has 0 N–H and O–H groups in total. The highest BCUT2D eigenvalue weighted by Crippen LogP contribution is 2.32. The minimum atomic E-state index is -0.0673. The van der Waals surface area contributed by atoms with Crippen LogP contribution in [-0.2, 0) is 13.1 Å². The van der Waals surface area contributed by atoms with E-state index < -0.39 is 0 Å². The van der Waals surface area contributed by atoms with Crippen molar-refractivity contribution < 1.29 is 18.7 Å². The summed E-state index contributed by atoms with van der Waals surface area (Å²) >= 11 is 0. The van der Waals surface area contributed by atoms with Crippen molar-refractivity contribution in [2.24, 2.45) is 0 Å². The maximum atomic E-state index is 12.4. The van der Waals surface area contributed by atoms with Crippen molar-refractivity contribution in [2.45, 2.75) is 13.1 Å². The monoisotopic (exact) mass is 396 g/mol. The largest absolute Gasteiger partial charge is 0.459 e. The molecule has 4 heterocycles. The first-order chi connectivity index (χ1) is 14.3. The number of benzene rings is 1. The van der Waals surface area contributed by atoms with Gasteiger partial charge in [0.15, 0.2) is 23.1 Å². The fourth-order valence-electron chi connectivity index (χ4n) is 3.54. The number of amides is 1. The summed E-state index contributed by atoms with van der Waals surface area (Å²) in [4.78, 5) is 16.4. The lowest BCUT2D eigenvalue weighted by molar-refractivity contribution is 0.0593. The standard InChI is InChI=1S/C19H20N6O4/c26-19(16-2-1-9-27-16)24-7-5-23(6-8-24)12-18-20-21-22-25(18)11-14-3-4-15-17(10-14)29-13-28-15/h1-4,9-10H,5-8,11-13H2. The van der Waals surface area contributed by atoms with Crippen LogP contribution in [-0.4, -0.2) is 68.9 Å². The fourth-order valence-corrected chi connectivity index (χ4v) is 3.54. The Bertz CT molecular complexity index is 994. The lowest BCUT2D eigenvalue weighted by Crippen LogP contribution is -2.48. The Labute approximate surface area is 166 Å². The minimum absolute atomic E-state index is 0.0673. The third kappa shape index (κ3) is 3.66. The van der Waals surface area contributed by atoms with E-state index >= 15 is 0 Å². The van der Waals surface area contributed by atoms with Gasteiger partial charge in [0.05, 0.1) is 19.4 Å². The second-order valence-corrected chi connectivity index (χ2v) is 6.99. The molecule has 0 radical (unpaired) electrons. The molecule has 0 aliphatic carbocycles. The number of carbonyl (C=O) groups excluding carboxylic acids is 1. The molecule has 2 aliphatic rings. The maximum absolute atomic E-state index is 12.4. The van der Waals surface area contributed by atoms with Crippen LogP contribution in [0.4, 0.5) is 0 Å². The van der Waals surface area contributed by atoms with E-state index in [4.69, 9.17) is 13.9 Å². The van der Waals surface area contributed by atoms with Gasteiger partial charge in [0, 0.05) is 26.2 Å². The first-order valence-electron chi connectivity index (χ1n) is 9.45. The number of fused-ring (bicyclic) bond motifs is 1. The Morgan fingerprint density at radius 3 is 2.72 bits per heavy atom. The molecule has 10 nitrogen and oxygen atoms in total. The molecule has 10 heteroatoms. The number of rotatable bonds is 5. The lowest BCUT2D eigenvalue weighted by atomic mass is 10.2. The topological polar surface area (TPSA) is 98.8 Å². The third-order valence-electron chi connectivity index (χ3n) is 5.13. The van der Waals surface area contributed by atoms with Gasteiger partial charge in [0.1, 0.15) is 0 Å². The molecule has 0 atom stereocenters. The average molecular weight is 396 g/mol. The number of carbonyl (C=O) groups is 1. The van der Waals surface area contributed by atoms with Crippen molar-refractivity contribution >= 4 is 5.91 Å². The molecule has 0 saturated carbocycles. The van der Waals surface area contributed by atoms with Crippen LogP contribution in [0.5, 0.6) is 11.5 Å². The van der Waals surface area contributed by atoms with E-state index in [1.165, 1.54) is 6.26 Å². The lowest BCUT2D eigenvalue weighted by Gasteiger charge is -2.33. The van der Waals surface area contributed by atoms with E-state index in [1.807, 2.05) is 23.1 Å². The zero-order valence-corrected chi connectivity index (χ0v) is 15.7. The van der Waals surface area contributed by atoms with Gasteiger partial charge in [-0.3, -0.25) is 9.69 Å². The van der Waals surface area contributed by atoms with E-state index in [0.717, 1.165) is 36.0 Å². The van der Waals surface area contributed by atoms with Crippen LogP contribution in [0, 0.1) is 0 Å². The molecule has 2 aromatic heterocycles. The van der Waals surface area contributed by atoms with E-state index in [-0.39, 0.29) is 12.7 Å². The highest BCUT2D eigenvalue weighted by atomic mass is 16.7. The van der Waals surface area contributed by atoms with Crippen LogP contribution < -0.4 is 9.47 Å². The second kappa shape index (κ2) is 7.55. The van der Waals surface area contributed by atoms with Crippen molar-refractivity contribution in [1.29, 1.82) is 0 Å². The molecule has 1 saturated heterocycles. The van der Waals surface area contributed by atoms with E-state index in [0.29, 0.717) is 31.9 Å². The molecule has 2 aliphatic heterocycles. The molecule has 150 valence electrons. The van der Waals surface area contributed by atoms with Gasteiger partial charge in [-0.1, -0.05) is 6.07 Å². The van der Waals surface area contributed by atoms with Gasteiger partial charge in [-0.05, 0) is 40.3 Å². The number of hydrogen-bond acceptors (Lipinski definition) is 8. The number of nitrogens with zero attached hydrogens (tertiary/aromatic N) is 6. The SMILES string of the molecule is O=C(c1ccco1)N1CCN(Cc2nnnn2Cc2ccc3c(c2)OCO3)CC1. The van der Waals surface area contributed by atoms with Crippen molar-refractivity contribution in [1.82, 2.24) is 30.0 Å². The molecule has 5 rings (SSSR count). The predicted molar refractivity (Wildman–Crippen MR) is 99.4 cm³/mol. The first kappa shape index (κ1) is 17.7. The molecule has 1 amide bonds. The molecule has 29 heavy (non-hydrogen) atoms. The van der Waals surface area contributed by atoms with Crippen LogP contribution in [0.3, 0.4) is 0 Å². The van der Waals surface area contributed by atoms with Crippen LogP contribution in [0.2, 0.25) is 0 Å². The summed E-state index contributed by atoms with van der Waals surface area (Å²) in [5.74, 6) is 2.60. The Hall–Kier alpha value is -3.40. The van der Waals surface area contributed by atoms with Crippen LogP contribution >= 0.6 is 0 Å². The van der Waals surface area contributed by atoms with Gasteiger partial charge in [-0.2, -0.15) is 0 Å². The van der Waals surface area contributed by atoms with Gasteiger partial charge < -0.3 is 18.8 Å². The number of furan rings is 1. The first-order valence-corrected chi connectivity index (χ1v) is 9.45. The normalized spacial score (nSPS) is 16.3. The molecule has 1 aromatic carbocycles. The predicted octanol–water partition coefficient (Wildman–Crippen LogP) is 1.00. The highest BCUT2D eigenvalue weighted by molar-refractivity contribution is 5.91. The molecule has 0 spiro atoms. The zero-order chi connectivity index (χ0) is 19.6. The van der Waals surface area contributed by atoms with E-state index in [9.17, 15) is 4.79 Å². The van der Waals surface area contributed by atoms with Gasteiger partial charge in [0.2, 0.25) is 6.79 Å². The van der Waals surface area contributed by atoms with Crippen molar-refractivity contribution in [2.75, 3.05) is 33.0 Å². The molecule has 3 aromatic rings. The Morgan fingerprint density at radius 2 is 1.90 bits per heavy atom. The number of piperazine rings is 1. The van der Waals surface area contributed by atoms with Crippen molar-refractivity contribution in [3.8, 4) is 11.5 Å². The Balaban J connectivity index is 1.19. The zero-order valence-electron chi connectivity index (χ0n) is 15.7. The molecule has 0 bridgehead atoms. The van der Waals surface area contributed by atoms with Gasteiger partial charge in [-0.15, -0.1) is 5.10 Å². The van der Waals surface area contributed by atoms with Crippen LogP contribution in [0.15, 0.2) is 41.0 Å². The molecular weight excluding hydrogens is 376 g/mol. The van der Waals surface area contributed by atoms with Gasteiger partial charge >= 0.3 is 0 Å². The summed E-state index contributed by atoms with van der Waals surface area (Å²) in [7, 11) is 0.